The molecule has 3 aromatic heterocycles. The van der Waals surface area contributed by atoms with Crippen LogP contribution in [0.4, 0.5) is 5.82 Å². The molecule has 0 spiro atoms. The number of fused-ring (bicyclic) bond motifs is 2. The zero-order valence-electron chi connectivity index (χ0n) is 16.1. The highest BCUT2D eigenvalue weighted by Gasteiger charge is 2.16. The van der Waals surface area contributed by atoms with Crippen molar-refractivity contribution in [1.82, 2.24) is 19.5 Å². The van der Waals surface area contributed by atoms with Gasteiger partial charge in [-0.15, -0.1) is 0 Å². The van der Waals surface area contributed by atoms with E-state index >= 15 is 0 Å². The summed E-state index contributed by atoms with van der Waals surface area (Å²) in [5.74, 6) is 2.78. The molecule has 0 aliphatic rings. The Morgan fingerprint density at radius 1 is 1.03 bits per heavy atom. The zero-order chi connectivity index (χ0) is 19.8. The molecule has 0 bridgehead atoms. The molecular formula is C22H19N5O2. The van der Waals surface area contributed by atoms with Crippen molar-refractivity contribution in [1.29, 1.82) is 0 Å². The fourth-order valence-corrected chi connectivity index (χ4v) is 3.49. The number of methoxy groups -OCH3 is 1. The molecule has 0 unspecified atom stereocenters. The van der Waals surface area contributed by atoms with Crippen LogP contribution < -0.4 is 10.1 Å². The highest BCUT2D eigenvalue weighted by molar-refractivity contribution is 5.94. The molecule has 0 aliphatic carbocycles. The fourth-order valence-electron chi connectivity index (χ4n) is 3.49. The van der Waals surface area contributed by atoms with Crippen LogP contribution >= 0.6 is 0 Å². The van der Waals surface area contributed by atoms with Gasteiger partial charge in [-0.05, 0) is 37.3 Å². The van der Waals surface area contributed by atoms with Crippen LogP contribution in [0.3, 0.4) is 0 Å². The molecular weight excluding hydrogens is 366 g/mol. The number of para-hydroxylation sites is 3. The summed E-state index contributed by atoms with van der Waals surface area (Å²) < 4.78 is 12.7. The lowest BCUT2D eigenvalue weighted by atomic mass is 10.2. The summed E-state index contributed by atoms with van der Waals surface area (Å²) in [6, 6.07) is 15.7. The Labute approximate surface area is 167 Å². The lowest BCUT2D eigenvalue weighted by molar-refractivity contribution is 0.419. The van der Waals surface area contributed by atoms with Crippen LogP contribution in [0.5, 0.6) is 5.75 Å². The Hall–Kier alpha value is -3.87. The lowest BCUT2D eigenvalue weighted by Gasteiger charge is -2.13. The molecule has 1 N–H and O–H groups in total. The average Bonchev–Trinajstić information content (AvgIpc) is 3.38. The number of benzene rings is 2. The summed E-state index contributed by atoms with van der Waals surface area (Å²) in [4.78, 5) is 14.3. The minimum Gasteiger partial charge on any atom is -0.494 e. The third kappa shape index (κ3) is 2.97. The third-order valence-corrected chi connectivity index (χ3v) is 4.87. The van der Waals surface area contributed by atoms with E-state index in [2.05, 4.69) is 10.3 Å². The first-order valence-electron chi connectivity index (χ1n) is 9.29. The highest BCUT2D eigenvalue weighted by atomic mass is 16.5. The number of furan rings is 1. The van der Waals surface area contributed by atoms with Crippen molar-refractivity contribution in [3.05, 3.63) is 72.4 Å². The molecule has 144 valence electrons. The van der Waals surface area contributed by atoms with Crippen molar-refractivity contribution in [3.8, 4) is 11.7 Å². The molecule has 0 saturated carbocycles. The van der Waals surface area contributed by atoms with Crippen molar-refractivity contribution in [3.63, 3.8) is 0 Å². The van der Waals surface area contributed by atoms with Crippen LogP contribution in [-0.4, -0.2) is 26.6 Å². The minimum absolute atomic E-state index is 0.544. The monoisotopic (exact) mass is 385 g/mol. The van der Waals surface area contributed by atoms with Crippen LogP contribution in [0.25, 0.3) is 27.9 Å². The molecule has 7 heteroatoms. The number of hydrogen-bond donors (Lipinski definition) is 1. The number of aromatic nitrogens is 4. The average molecular weight is 385 g/mol. The van der Waals surface area contributed by atoms with Gasteiger partial charge in [0, 0.05) is 17.5 Å². The molecule has 0 radical (unpaired) electrons. The summed E-state index contributed by atoms with van der Waals surface area (Å²) in [6.45, 7) is 2.54. The quantitative estimate of drug-likeness (QED) is 0.480. The number of aryl methyl sites for hydroxylation is 1. The Balaban J connectivity index is 1.72. The maximum absolute atomic E-state index is 5.56. The van der Waals surface area contributed by atoms with Gasteiger partial charge in [-0.1, -0.05) is 18.2 Å². The van der Waals surface area contributed by atoms with Gasteiger partial charge in [0.2, 0.25) is 5.95 Å². The van der Waals surface area contributed by atoms with Crippen LogP contribution in [0.1, 0.15) is 11.4 Å². The molecule has 3 heterocycles. The molecule has 0 atom stereocenters. The van der Waals surface area contributed by atoms with Gasteiger partial charge in [-0.3, -0.25) is 4.57 Å². The van der Waals surface area contributed by atoms with Crippen LogP contribution in [0.2, 0.25) is 0 Å². The summed E-state index contributed by atoms with van der Waals surface area (Å²) in [5.41, 5.74) is 3.64. The van der Waals surface area contributed by atoms with Crippen molar-refractivity contribution in [2.45, 2.75) is 13.5 Å². The van der Waals surface area contributed by atoms with Gasteiger partial charge >= 0.3 is 0 Å². The highest BCUT2D eigenvalue weighted by Crippen LogP contribution is 2.30. The van der Waals surface area contributed by atoms with Gasteiger partial charge in [0.05, 0.1) is 30.7 Å². The number of anilines is 1. The van der Waals surface area contributed by atoms with Gasteiger partial charge < -0.3 is 14.5 Å². The van der Waals surface area contributed by atoms with E-state index in [-0.39, 0.29) is 0 Å². The Morgan fingerprint density at radius 3 is 2.76 bits per heavy atom. The zero-order valence-corrected chi connectivity index (χ0v) is 16.1. The first-order valence-corrected chi connectivity index (χ1v) is 9.29. The largest absolute Gasteiger partial charge is 0.494 e. The van der Waals surface area contributed by atoms with E-state index in [0.717, 1.165) is 39.1 Å². The fraction of sp³-hybridized carbons (Fsp3) is 0.136. The van der Waals surface area contributed by atoms with E-state index in [4.69, 9.17) is 19.1 Å². The molecule has 0 aliphatic heterocycles. The van der Waals surface area contributed by atoms with Crippen molar-refractivity contribution < 1.29 is 9.15 Å². The van der Waals surface area contributed by atoms with Crippen LogP contribution in [-0.2, 0) is 6.54 Å². The second-order valence-electron chi connectivity index (χ2n) is 6.70. The summed E-state index contributed by atoms with van der Waals surface area (Å²) in [7, 11) is 1.65. The first kappa shape index (κ1) is 17.2. The third-order valence-electron chi connectivity index (χ3n) is 4.87. The topological polar surface area (TPSA) is 78.0 Å². The van der Waals surface area contributed by atoms with Crippen LogP contribution in [0.15, 0.2) is 65.5 Å². The number of rotatable bonds is 5. The van der Waals surface area contributed by atoms with Crippen molar-refractivity contribution in [2.75, 3.05) is 12.4 Å². The van der Waals surface area contributed by atoms with E-state index in [9.17, 15) is 0 Å². The summed E-state index contributed by atoms with van der Waals surface area (Å²) in [6.07, 6.45) is 3.37. The molecule has 2 aromatic carbocycles. The second-order valence-corrected chi connectivity index (χ2v) is 6.70. The lowest BCUT2D eigenvalue weighted by Crippen LogP contribution is -2.09. The molecule has 0 saturated heterocycles. The van der Waals surface area contributed by atoms with E-state index in [1.165, 1.54) is 0 Å². The van der Waals surface area contributed by atoms with E-state index in [0.29, 0.717) is 18.2 Å². The molecule has 29 heavy (non-hydrogen) atoms. The van der Waals surface area contributed by atoms with Gasteiger partial charge in [-0.2, -0.15) is 4.98 Å². The summed E-state index contributed by atoms with van der Waals surface area (Å²) in [5, 5.41) is 4.30. The Kier molecular flexibility index (Phi) is 4.13. The van der Waals surface area contributed by atoms with Crippen molar-refractivity contribution in [2.24, 2.45) is 0 Å². The minimum atomic E-state index is 0.544. The van der Waals surface area contributed by atoms with E-state index < -0.39 is 0 Å². The van der Waals surface area contributed by atoms with Gasteiger partial charge in [0.25, 0.3) is 0 Å². The molecule has 0 amide bonds. The van der Waals surface area contributed by atoms with Gasteiger partial charge in [0.1, 0.15) is 22.9 Å². The second kappa shape index (κ2) is 6.94. The molecule has 5 rings (SSSR count). The summed E-state index contributed by atoms with van der Waals surface area (Å²) >= 11 is 0. The Morgan fingerprint density at radius 2 is 1.93 bits per heavy atom. The smallest absolute Gasteiger partial charge is 0.238 e. The Bertz CT molecular complexity index is 1310. The van der Waals surface area contributed by atoms with Gasteiger partial charge in [-0.25, -0.2) is 9.97 Å². The number of ether oxygens (including phenoxy) is 1. The van der Waals surface area contributed by atoms with E-state index in [1.54, 1.807) is 19.6 Å². The predicted octanol–water partition coefficient (Wildman–Crippen LogP) is 4.49. The molecule has 0 fully saturated rings. The maximum Gasteiger partial charge on any atom is 0.238 e. The van der Waals surface area contributed by atoms with Gasteiger partial charge in [0.15, 0.2) is 0 Å². The first-order chi connectivity index (χ1) is 14.2. The molecule has 5 aromatic rings. The standard InChI is InChI=1S/C22H19N5O2/c1-14-24-17-7-3-4-8-18(17)27(14)22-25-20-16(6-5-9-19(20)28-2)21(26-22)23-12-15-10-11-29-13-15/h3-11,13H,12H2,1-2H3,(H,23,25,26). The number of nitrogens with one attached hydrogen (secondary N) is 1. The number of hydrogen-bond acceptors (Lipinski definition) is 6. The number of nitrogens with zero attached hydrogens (tertiary/aromatic N) is 4. The van der Waals surface area contributed by atoms with Crippen LogP contribution in [0, 0.1) is 6.92 Å². The molecule has 7 nitrogen and oxygen atoms in total. The SMILES string of the molecule is COc1cccc2c(NCc3ccoc3)nc(-n3c(C)nc4ccccc43)nc12. The maximum atomic E-state index is 5.56. The predicted molar refractivity (Wildman–Crippen MR) is 111 cm³/mol. The number of imidazole rings is 1. The van der Waals surface area contributed by atoms with Crippen molar-refractivity contribution >= 4 is 27.8 Å². The van der Waals surface area contributed by atoms with E-state index in [1.807, 2.05) is 60.0 Å². The normalized spacial score (nSPS) is 11.2.